The quantitative estimate of drug-likeness (QED) is 0.127. The molecule has 0 fully saturated rings. The number of imidazole rings is 1. The van der Waals surface area contributed by atoms with Gasteiger partial charge in [-0.2, -0.15) is 0 Å². The zero-order chi connectivity index (χ0) is 22.6. The van der Waals surface area contributed by atoms with Gasteiger partial charge in [0.1, 0.15) is 12.4 Å². The molecule has 0 N–H and O–H groups in total. The Morgan fingerprint density at radius 2 is 1.03 bits per heavy atom. The first-order chi connectivity index (χ1) is 15.2. The number of rotatable bonds is 22. The molecule has 0 spiro atoms. The molecule has 1 aromatic rings. The fourth-order valence-electron chi connectivity index (χ4n) is 4.78. The van der Waals surface area contributed by atoms with Gasteiger partial charge in [0.05, 0.1) is 12.6 Å². The third kappa shape index (κ3) is 14.1. The van der Waals surface area contributed by atoms with E-state index in [9.17, 15) is 0 Å². The summed E-state index contributed by atoms with van der Waals surface area (Å²) in [4.78, 5) is 0. The summed E-state index contributed by atoms with van der Waals surface area (Å²) >= 11 is 0. The molecule has 0 atom stereocenters. The Bertz CT molecular complexity index is 503. The maximum absolute atomic E-state index is 2.56. The highest BCUT2D eigenvalue weighted by Crippen LogP contribution is 2.14. The van der Waals surface area contributed by atoms with Crippen LogP contribution in [0, 0.1) is 0 Å². The molecule has 0 radical (unpaired) electrons. The largest absolute Gasteiger partial charge is 0.256 e. The number of nitrogens with zero attached hydrogens (tertiary/aromatic N) is 2. The van der Waals surface area contributed by atoms with Crippen LogP contribution in [0.2, 0.25) is 0 Å². The predicted octanol–water partition coefficient (Wildman–Crippen LogP) is 9.35. The van der Waals surface area contributed by atoms with Crippen molar-refractivity contribution in [3.63, 3.8) is 0 Å². The summed E-state index contributed by atoms with van der Waals surface area (Å²) < 4.78 is 5.07. The van der Waals surface area contributed by atoms with Crippen molar-refractivity contribution >= 4 is 0 Å². The Balaban J connectivity index is 2.13. The highest BCUT2D eigenvalue weighted by atomic mass is 15.2. The Kier molecular flexibility index (Phi) is 18.1. The maximum atomic E-state index is 2.56. The summed E-state index contributed by atoms with van der Waals surface area (Å²) in [6, 6.07) is 0.572. The topological polar surface area (TPSA) is 8.81 Å². The van der Waals surface area contributed by atoms with Crippen LogP contribution in [0.3, 0.4) is 0 Å². The van der Waals surface area contributed by atoms with Crippen molar-refractivity contribution in [3.05, 3.63) is 18.2 Å². The molecule has 1 rings (SSSR count). The fraction of sp³-hybridized carbons (Fsp3) is 0.897. The molecule has 1 heterocycles. The van der Waals surface area contributed by atoms with Gasteiger partial charge >= 0.3 is 0 Å². The van der Waals surface area contributed by atoms with Crippen LogP contribution in [0.4, 0.5) is 0 Å². The smallest absolute Gasteiger partial charge is 0.234 e. The first-order valence-corrected chi connectivity index (χ1v) is 14.3. The number of unbranched alkanes of at least 4 members (excludes halogenated alkanes) is 17. The lowest BCUT2D eigenvalue weighted by Crippen LogP contribution is -2.39. The van der Waals surface area contributed by atoms with Gasteiger partial charge in [0.15, 0.2) is 0 Å². The highest BCUT2D eigenvalue weighted by Gasteiger charge is 2.18. The van der Waals surface area contributed by atoms with Gasteiger partial charge in [-0.05, 0) is 33.1 Å². The van der Waals surface area contributed by atoms with Crippen LogP contribution in [-0.4, -0.2) is 4.57 Å². The van der Waals surface area contributed by atoms with Gasteiger partial charge in [-0.25, -0.2) is 9.13 Å². The van der Waals surface area contributed by atoms with Crippen LogP contribution >= 0.6 is 0 Å². The Morgan fingerprint density at radius 1 is 0.613 bits per heavy atom. The average Bonchev–Trinajstić information content (AvgIpc) is 3.17. The zero-order valence-corrected chi connectivity index (χ0v) is 22.0. The van der Waals surface area contributed by atoms with Crippen molar-refractivity contribution in [3.8, 4) is 0 Å². The zero-order valence-electron chi connectivity index (χ0n) is 22.0. The van der Waals surface area contributed by atoms with Crippen molar-refractivity contribution in [2.75, 3.05) is 0 Å². The lowest BCUT2D eigenvalue weighted by atomic mass is 10.0. The molecule has 2 heteroatoms. The van der Waals surface area contributed by atoms with Crippen LogP contribution in [0.5, 0.6) is 0 Å². The normalized spacial score (nSPS) is 11.6. The van der Waals surface area contributed by atoms with Gasteiger partial charge in [-0.3, -0.25) is 0 Å². The summed E-state index contributed by atoms with van der Waals surface area (Å²) in [7, 11) is 0. The molecular weight excluding hydrogens is 376 g/mol. The van der Waals surface area contributed by atoms with E-state index in [4.69, 9.17) is 0 Å². The number of aromatic nitrogens is 2. The Labute approximate surface area is 196 Å². The standard InChI is InChI=1S/C29H57N2/c1-5-7-9-11-13-14-15-16-17-18-19-21-23-25-30-26-27-31(28(3)4)29(30)24-22-20-12-10-8-6-2/h26-28H,5-25H2,1-4H3/q+1. The SMILES string of the molecule is CCCCCCCCCCCCCCCn1cc[n+](C(C)C)c1CCCCCCCC. The van der Waals surface area contributed by atoms with E-state index in [-0.39, 0.29) is 0 Å². The van der Waals surface area contributed by atoms with E-state index in [1.807, 2.05) is 0 Å². The molecule has 0 bridgehead atoms. The summed E-state index contributed by atoms with van der Waals surface area (Å²) in [6.45, 7) is 10.5. The molecule has 0 aliphatic rings. The lowest BCUT2D eigenvalue weighted by molar-refractivity contribution is -0.722. The molecule has 0 saturated heterocycles. The molecule has 1 aromatic heterocycles. The van der Waals surface area contributed by atoms with E-state index in [0.29, 0.717) is 6.04 Å². The van der Waals surface area contributed by atoms with Gasteiger partial charge < -0.3 is 0 Å². The third-order valence-electron chi connectivity index (χ3n) is 6.85. The second-order valence-corrected chi connectivity index (χ2v) is 10.2. The molecular formula is C29H57N2+. The van der Waals surface area contributed by atoms with E-state index in [2.05, 4.69) is 49.2 Å². The van der Waals surface area contributed by atoms with Crippen molar-refractivity contribution in [2.45, 2.75) is 169 Å². The Morgan fingerprint density at radius 3 is 1.48 bits per heavy atom. The minimum absolute atomic E-state index is 0.572. The monoisotopic (exact) mass is 433 g/mol. The molecule has 0 aliphatic heterocycles. The van der Waals surface area contributed by atoms with E-state index >= 15 is 0 Å². The highest BCUT2D eigenvalue weighted by molar-refractivity contribution is 4.85. The maximum Gasteiger partial charge on any atom is 0.256 e. The molecule has 0 amide bonds. The third-order valence-corrected chi connectivity index (χ3v) is 6.85. The van der Waals surface area contributed by atoms with Gasteiger partial charge in [-0.15, -0.1) is 0 Å². The summed E-state index contributed by atoms with van der Waals surface area (Å²) in [6.07, 6.45) is 32.8. The summed E-state index contributed by atoms with van der Waals surface area (Å²) in [5.41, 5.74) is 0. The van der Waals surface area contributed by atoms with E-state index in [0.717, 1.165) is 0 Å². The molecule has 0 unspecified atom stereocenters. The molecule has 0 aliphatic carbocycles. The van der Waals surface area contributed by atoms with Crippen LogP contribution in [0.25, 0.3) is 0 Å². The van der Waals surface area contributed by atoms with Crippen molar-refractivity contribution in [1.29, 1.82) is 0 Å². The van der Waals surface area contributed by atoms with Crippen molar-refractivity contribution in [1.82, 2.24) is 4.57 Å². The van der Waals surface area contributed by atoms with Crippen molar-refractivity contribution < 1.29 is 4.57 Å². The second kappa shape index (κ2) is 19.9. The van der Waals surface area contributed by atoms with E-state index < -0.39 is 0 Å². The van der Waals surface area contributed by atoms with Gasteiger partial charge in [0, 0.05) is 6.42 Å². The lowest BCUT2D eigenvalue weighted by Gasteiger charge is -2.08. The van der Waals surface area contributed by atoms with Gasteiger partial charge in [0.2, 0.25) is 0 Å². The Hall–Kier alpha value is -0.790. The first kappa shape index (κ1) is 28.2. The van der Waals surface area contributed by atoms with Gasteiger partial charge in [-0.1, -0.05) is 117 Å². The average molecular weight is 434 g/mol. The van der Waals surface area contributed by atoms with Crippen LogP contribution in [0.1, 0.15) is 162 Å². The van der Waals surface area contributed by atoms with Crippen LogP contribution in [-0.2, 0) is 13.0 Å². The molecule has 31 heavy (non-hydrogen) atoms. The molecule has 2 nitrogen and oxygen atoms in total. The van der Waals surface area contributed by atoms with Crippen molar-refractivity contribution in [2.24, 2.45) is 0 Å². The minimum atomic E-state index is 0.572. The first-order valence-electron chi connectivity index (χ1n) is 14.3. The van der Waals surface area contributed by atoms with Crippen LogP contribution < -0.4 is 4.57 Å². The second-order valence-electron chi connectivity index (χ2n) is 10.2. The van der Waals surface area contributed by atoms with E-state index in [1.54, 1.807) is 5.82 Å². The van der Waals surface area contributed by atoms with E-state index in [1.165, 1.54) is 135 Å². The van der Waals surface area contributed by atoms with Crippen LogP contribution in [0.15, 0.2) is 12.4 Å². The fourth-order valence-corrected chi connectivity index (χ4v) is 4.78. The number of hydrogen-bond donors (Lipinski definition) is 0. The summed E-state index contributed by atoms with van der Waals surface area (Å²) in [5.74, 6) is 1.56. The predicted molar refractivity (Wildman–Crippen MR) is 138 cm³/mol. The van der Waals surface area contributed by atoms with Gasteiger partial charge in [0.25, 0.3) is 5.82 Å². The molecule has 0 aromatic carbocycles. The minimum Gasteiger partial charge on any atom is -0.234 e. The molecule has 182 valence electrons. The summed E-state index contributed by atoms with van der Waals surface area (Å²) in [5, 5.41) is 0. The molecule has 0 saturated carbocycles. The number of hydrogen-bond acceptors (Lipinski definition) is 0. The number of aryl methyl sites for hydroxylation is 1.